The Morgan fingerprint density at radius 1 is 1.14 bits per heavy atom. The minimum absolute atomic E-state index is 0.0803. The van der Waals surface area contributed by atoms with E-state index in [-0.39, 0.29) is 4.90 Å². The van der Waals surface area contributed by atoms with Crippen LogP contribution < -0.4 is 14.8 Å². The molecule has 0 radical (unpaired) electrons. The van der Waals surface area contributed by atoms with E-state index in [1.54, 1.807) is 7.11 Å². The van der Waals surface area contributed by atoms with Gasteiger partial charge in [0.05, 0.1) is 12.0 Å². The number of hydrogen-bond acceptors (Lipinski definition) is 4. The number of fused-ring (bicyclic) bond motifs is 1. The van der Waals surface area contributed by atoms with Gasteiger partial charge in [0.2, 0.25) is 10.0 Å². The normalized spacial score (nSPS) is 16.6. The number of rotatable bonds is 9. The Kier molecular flexibility index (Phi) is 7.04. The molecule has 2 N–H and O–H groups in total. The van der Waals surface area contributed by atoms with Crippen LogP contribution in [0.15, 0.2) is 47.4 Å². The average Bonchev–Trinajstić information content (AvgIpc) is 2.70. The topological polar surface area (TPSA) is 67.4 Å². The predicted octanol–water partition coefficient (Wildman–Crippen LogP) is 2.90. The van der Waals surface area contributed by atoms with Crippen LogP contribution in [-0.2, 0) is 22.9 Å². The first-order chi connectivity index (χ1) is 13.5. The van der Waals surface area contributed by atoms with Crippen LogP contribution in [0.4, 0.5) is 4.39 Å². The number of methoxy groups -OCH3 is 1. The molecule has 5 nitrogen and oxygen atoms in total. The van der Waals surface area contributed by atoms with E-state index in [1.165, 1.54) is 23.3 Å². The van der Waals surface area contributed by atoms with Crippen molar-refractivity contribution in [2.45, 2.75) is 30.6 Å². The molecule has 0 fully saturated rings. The molecule has 0 saturated heterocycles. The summed E-state index contributed by atoms with van der Waals surface area (Å²) in [7, 11) is -1.87. The molecule has 3 rings (SSSR count). The largest absolute Gasteiger partial charge is 0.496 e. The summed E-state index contributed by atoms with van der Waals surface area (Å²) in [6.45, 7) is 1.98. The summed E-state index contributed by atoms with van der Waals surface area (Å²) in [5.41, 5.74) is 2.70. The van der Waals surface area contributed by atoms with Crippen LogP contribution in [-0.4, -0.2) is 35.2 Å². The van der Waals surface area contributed by atoms with Crippen molar-refractivity contribution in [3.05, 3.63) is 59.4 Å². The highest BCUT2D eigenvalue weighted by molar-refractivity contribution is 7.89. The Balaban J connectivity index is 1.38. The third-order valence-corrected chi connectivity index (χ3v) is 6.62. The number of benzene rings is 2. The van der Waals surface area contributed by atoms with Gasteiger partial charge < -0.3 is 10.1 Å². The van der Waals surface area contributed by atoms with E-state index in [1.807, 2.05) is 12.1 Å². The van der Waals surface area contributed by atoms with E-state index in [0.29, 0.717) is 18.9 Å². The van der Waals surface area contributed by atoms with Crippen molar-refractivity contribution in [1.82, 2.24) is 10.0 Å². The van der Waals surface area contributed by atoms with E-state index in [4.69, 9.17) is 4.74 Å². The lowest BCUT2D eigenvalue weighted by Gasteiger charge is -2.26. The van der Waals surface area contributed by atoms with Crippen LogP contribution in [0, 0.1) is 11.7 Å². The number of ether oxygens (including phenoxy) is 1. The minimum Gasteiger partial charge on any atom is -0.496 e. The first-order valence-electron chi connectivity index (χ1n) is 9.60. The summed E-state index contributed by atoms with van der Waals surface area (Å²) in [5.74, 6) is 1.07. The summed E-state index contributed by atoms with van der Waals surface area (Å²) in [5, 5.41) is 3.43. The van der Waals surface area contributed by atoms with Crippen LogP contribution in [0.3, 0.4) is 0 Å². The highest BCUT2D eigenvalue weighted by Crippen LogP contribution is 2.31. The first-order valence-corrected chi connectivity index (χ1v) is 11.1. The fourth-order valence-electron chi connectivity index (χ4n) is 3.62. The molecule has 0 amide bonds. The van der Waals surface area contributed by atoms with Crippen LogP contribution in [0.5, 0.6) is 5.75 Å². The molecular formula is C21H27FN2O3S. The monoisotopic (exact) mass is 406 g/mol. The predicted molar refractivity (Wildman–Crippen MR) is 108 cm³/mol. The highest BCUT2D eigenvalue weighted by atomic mass is 32.2. The van der Waals surface area contributed by atoms with E-state index < -0.39 is 15.8 Å². The number of aryl methyl sites for hydroxylation is 1. The molecular weight excluding hydrogens is 379 g/mol. The summed E-state index contributed by atoms with van der Waals surface area (Å²) in [4.78, 5) is 0.0803. The van der Waals surface area contributed by atoms with Gasteiger partial charge in [0, 0.05) is 6.54 Å². The number of hydrogen-bond donors (Lipinski definition) is 2. The van der Waals surface area contributed by atoms with E-state index in [0.717, 1.165) is 50.2 Å². The molecule has 0 saturated carbocycles. The molecule has 0 aromatic heterocycles. The lowest BCUT2D eigenvalue weighted by Crippen LogP contribution is -2.31. The van der Waals surface area contributed by atoms with Crippen LogP contribution in [0.25, 0.3) is 0 Å². The van der Waals surface area contributed by atoms with Gasteiger partial charge in [0.15, 0.2) is 0 Å². The van der Waals surface area contributed by atoms with Crippen molar-refractivity contribution >= 4 is 10.0 Å². The highest BCUT2D eigenvalue weighted by Gasteiger charge is 2.21. The zero-order valence-corrected chi connectivity index (χ0v) is 16.9. The van der Waals surface area contributed by atoms with Crippen molar-refractivity contribution in [3.8, 4) is 5.75 Å². The molecule has 0 aliphatic heterocycles. The van der Waals surface area contributed by atoms with Crippen molar-refractivity contribution in [3.63, 3.8) is 0 Å². The fraction of sp³-hybridized carbons (Fsp3) is 0.429. The van der Waals surface area contributed by atoms with Crippen molar-refractivity contribution in [1.29, 1.82) is 0 Å². The van der Waals surface area contributed by atoms with Gasteiger partial charge in [0.25, 0.3) is 0 Å². The molecule has 0 bridgehead atoms. The number of sulfonamides is 1. The van der Waals surface area contributed by atoms with Gasteiger partial charge in [-0.05, 0) is 86.1 Å². The lowest BCUT2D eigenvalue weighted by molar-refractivity contribution is 0.383. The molecule has 2 aromatic rings. The molecule has 1 atom stereocenters. The van der Waals surface area contributed by atoms with E-state index >= 15 is 0 Å². The average molecular weight is 407 g/mol. The first kappa shape index (κ1) is 20.8. The van der Waals surface area contributed by atoms with Crippen LogP contribution >= 0.6 is 0 Å². The van der Waals surface area contributed by atoms with Gasteiger partial charge in [0.1, 0.15) is 11.6 Å². The minimum atomic E-state index is -3.58. The summed E-state index contributed by atoms with van der Waals surface area (Å²) in [6, 6.07) is 11.1. The standard InChI is InChI=1S/C21H27FN2O3S/c1-27-21-5-2-4-17-7-6-16(14-20(17)21)15-23-12-3-13-24-28(25,26)19-10-8-18(22)9-11-19/h2,4-5,8-11,16,23-24H,3,6-7,12-15H2,1H3. The molecule has 1 unspecified atom stereocenters. The van der Waals surface area contributed by atoms with Crippen LogP contribution in [0.2, 0.25) is 0 Å². The van der Waals surface area contributed by atoms with Gasteiger partial charge in [-0.1, -0.05) is 12.1 Å². The zero-order valence-electron chi connectivity index (χ0n) is 16.1. The lowest BCUT2D eigenvalue weighted by atomic mass is 9.83. The smallest absolute Gasteiger partial charge is 0.240 e. The molecule has 28 heavy (non-hydrogen) atoms. The molecule has 1 aliphatic rings. The van der Waals surface area contributed by atoms with Crippen molar-refractivity contribution in [2.75, 3.05) is 26.7 Å². The second-order valence-electron chi connectivity index (χ2n) is 7.12. The second kappa shape index (κ2) is 9.49. The van der Waals surface area contributed by atoms with Crippen molar-refractivity contribution < 1.29 is 17.5 Å². The number of halogens is 1. The maximum absolute atomic E-state index is 12.9. The summed E-state index contributed by atoms with van der Waals surface area (Å²) in [6.07, 6.45) is 3.90. The molecule has 0 heterocycles. The van der Waals surface area contributed by atoms with Gasteiger partial charge in [-0.15, -0.1) is 0 Å². The molecule has 0 spiro atoms. The SMILES string of the molecule is COc1cccc2c1CC(CNCCCNS(=O)(=O)c1ccc(F)cc1)CC2. The zero-order chi connectivity index (χ0) is 20.0. The van der Waals surface area contributed by atoms with Crippen molar-refractivity contribution in [2.24, 2.45) is 5.92 Å². The van der Waals surface area contributed by atoms with Crippen LogP contribution in [0.1, 0.15) is 24.0 Å². The second-order valence-corrected chi connectivity index (χ2v) is 8.88. The Labute approximate surface area is 166 Å². The molecule has 2 aromatic carbocycles. The Morgan fingerprint density at radius 3 is 2.68 bits per heavy atom. The summed E-state index contributed by atoms with van der Waals surface area (Å²) >= 11 is 0. The molecule has 7 heteroatoms. The Hall–Kier alpha value is -1.96. The van der Waals surface area contributed by atoms with E-state index in [9.17, 15) is 12.8 Å². The maximum Gasteiger partial charge on any atom is 0.240 e. The van der Waals surface area contributed by atoms with Gasteiger partial charge in [-0.3, -0.25) is 0 Å². The molecule has 152 valence electrons. The Morgan fingerprint density at radius 2 is 1.93 bits per heavy atom. The quantitative estimate of drug-likeness (QED) is 0.629. The Bertz CT molecular complexity index is 871. The number of nitrogens with one attached hydrogen (secondary N) is 2. The fourth-order valence-corrected chi connectivity index (χ4v) is 4.69. The maximum atomic E-state index is 12.9. The third kappa shape index (κ3) is 5.31. The van der Waals surface area contributed by atoms with Gasteiger partial charge >= 0.3 is 0 Å². The third-order valence-electron chi connectivity index (χ3n) is 5.14. The van der Waals surface area contributed by atoms with Gasteiger partial charge in [-0.25, -0.2) is 17.5 Å². The summed E-state index contributed by atoms with van der Waals surface area (Å²) < 4.78 is 45.2. The van der Waals surface area contributed by atoms with Gasteiger partial charge in [-0.2, -0.15) is 0 Å². The molecule has 1 aliphatic carbocycles. The van der Waals surface area contributed by atoms with E-state index in [2.05, 4.69) is 16.1 Å².